The van der Waals surface area contributed by atoms with Crippen molar-refractivity contribution in [3.8, 4) is 0 Å². The minimum Gasteiger partial charge on any atom is -0.332 e. The van der Waals surface area contributed by atoms with E-state index in [9.17, 15) is 0 Å². The Labute approximate surface area is 135 Å². The minimum atomic E-state index is 0.363. The van der Waals surface area contributed by atoms with E-state index in [1.807, 2.05) is 25.1 Å². The highest BCUT2D eigenvalue weighted by atomic mass is 35.5. The van der Waals surface area contributed by atoms with Crippen LogP contribution in [0.1, 0.15) is 18.1 Å². The summed E-state index contributed by atoms with van der Waals surface area (Å²) in [5.41, 5.74) is 4.52. The molecule has 0 fully saturated rings. The van der Waals surface area contributed by atoms with Crippen molar-refractivity contribution in [1.29, 1.82) is 0 Å². The van der Waals surface area contributed by atoms with Crippen molar-refractivity contribution in [2.75, 3.05) is 10.2 Å². The first-order chi connectivity index (χ1) is 10.1. The molecule has 0 spiro atoms. The van der Waals surface area contributed by atoms with Crippen molar-refractivity contribution in [3.63, 3.8) is 0 Å². The average Bonchev–Trinajstić information content (AvgIpc) is 2.79. The summed E-state index contributed by atoms with van der Waals surface area (Å²) in [6.45, 7) is 4.19. The van der Waals surface area contributed by atoms with Gasteiger partial charge in [0, 0.05) is 22.4 Å². The molecule has 1 heterocycles. The molecular weight excluding hydrogens is 300 g/mol. The zero-order valence-corrected chi connectivity index (χ0v) is 13.6. The van der Waals surface area contributed by atoms with Gasteiger partial charge in [0.25, 0.3) is 0 Å². The number of benzene rings is 2. The molecule has 0 amide bonds. The fourth-order valence-electron chi connectivity index (χ4n) is 2.79. The van der Waals surface area contributed by atoms with Gasteiger partial charge in [0.1, 0.15) is 0 Å². The van der Waals surface area contributed by atoms with E-state index < -0.39 is 0 Å². The Morgan fingerprint density at radius 2 is 2.00 bits per heavy atom. The Bertz CT molecular complexity index is 699. The molecule has 21 heavy (non-hydrogen) atoms. The molecular formula is C17H17ClN2S. The Hall–Kier alpha value is -1.58. The van der Waals surface area contributed by atoms with Crippen LogP contribution in [0.15, 0.2) is 42.5 Å². The molecule has 0 aromatic heterocycles. The highest BCUT2D eigenvalue weighted by molar-refractivity contribution is 7.80. The summed E-state index contributed by atoms with van der Waals surface area (Å²) in [7, 11) is 0. The molecule has 0 saturated heterocycles. The van der Waals surface area contributed by atoms with Gasteiger partial charge in [-0.25, -0.2) is 0 Å². The van der Waals surface area contributed by atoms with Crippen LogP contribution in [0.4, 0.5) is 11.4 Å². The van der Waals surface area contributed by atoms with E-state index in [-0.39, 0.29) is 0 Å². The number of hydrogen-bond acceptors (Lipinski definition) is 1. The van der Waals surface area contributed by atoms with Crippen molar-refractivity contribution >= 4 is 40.3 Å². The molecule has 108 valence electrons. The molecule has 1 atom stereocenters. The molecule has 2 nitrogen and oxygen atoms in total. The second kappa shape index (κ2) is 5.66. The smallest absolute Gasteiger partial charge is 0.178 e. The van der Waals surface area contributed by atoms with Crippen molar-refractivity contribution in [2.45, 2.75) is 26.3 Å². The number of rotatable bonds is 1. The molecule has 1 aliphatic rings. The lowest BCUT2D eigenvalue weighted by Gasteiger charge is -2.26. The van der Waals surface area contributed by atoms with Crippen molar-refractivity contribution in [2.24, 2.45) is 0 Å². The van der Waals surface area contributed by atoms with Crippen molar-refractivity contribution in [1.82, 2.24) is 0 Å². The molecule has 0 radical (unpaired) electrons. The highest BCUT2D eigenvalue weighted by Crippen LogP contribution is 2.33. The predicted molar refractivity (Wildman–Crippen MR) is 94.5 cm³/mol. The number of para-hydroxylation sites is 1. The number of anilines is 2. The topological polar surface area (TPSA) is 15.3 Å². The number of halogens is 1. The highest BCUT2D eigenvalue weighted by Gasteiger charge is 2.28. The first-order valence-corrected chi connectivity index (χ1v) is 7.80. The third-order valence-electron chi connectivity index (χ3n) is 3.94. The van der Waals surface area contributed by atoms with Crippen LogP contribution in [0.5, 0.6) is 0 Å². The lowest BCUT2D eigenvalue weighted by molar-refractivity contribution is 0.776. The van der Waals surface area contributed by atoms with Crippen LogP contribution >= 0.6 is 23.8 Å². The van der Waals surface area contributed by atoms with Crippen LogP contribution < -0.4 is 10.2 Å². The largest absolute Gasteiger partial charge is 0.332 e. The summed E-state index contributed by atoms with van der Waals surface area (Å²) in [6.07, 6.45) is 1.02. The van der Waals surface area contributed by atoms with E-state index in [1.54, 1.807) is 0 Å². The Morgan fingerprint density at radius 3 is 2.81 bits per heavy atom. The number of hydrogen-bond donors (Lipinski definition) is 1. The number of nitrogens with zero attached hydrogens (tertiary/aromatic N) is 1. The molecule has 3 rings (SSSR count). The Balaban J connectivity index is 1.88. The first-order valence-electron chi connectivity index (χ1n) is 7.01. The lowest BCUT2D eigenvalue weighted by atomic mass is 10.1. The van der Waals surface area contributed by atoms with E-state index >= 15 is 0 Å². The van der Waals surface area contributed by atoms with Gasteiger partial charge < -0.3 is 10.2 Å². The second-order valence-electron chi connectivity index (χ2n) is 5.39. The number of fused-ring (bicyclic) bond motifs is 1. The van der Waals surface area contributed by atoms with E-state index in [0.717, 1.165) is 27.8 Å². The number of thiocarbonyl (C=S) groups is 1. The molecule has 0 bridgehead atoms. The summed E-state index contributed by atoms with van der Waals surface area (Å²) in [6, 6.07) is 14.6. The maximum atomic E-state index is 6.17. The van der Waals surface area contributed by atoms with Crippen LogP contribution in [0.2, 0.25) is 5.02 Å². The first kappa shape index (κ1) is 14.4. The van der Waals surface area contributed by atoms with Crippen molar-refractivity contribution < 1.29 is 0 Å². The zero-order chi connectivity index (χ0) is 15.0. The molecule has 4 heteroatoms. The Kier molecular flexibility index (Phi) is 3.87. The predicted octanol–water partition coefficient (Wildman–Crippen LogP) is 4.80. The standard InChI is InChI=1S/C17H17ClN2S/c1-11-10-13-6-3-4-9-16(13)20(11)17(21)19-15-8-5-7-14(18)12(15)2/h3-9,11H,10H2,1-2H3,(H,19,21). The summed E-state index contributed by atoms with van der Waals surface area (Å²) >= 11 is 11.8. The fraction of sp³-hybridized carbons (Fsp3) is 0.235. The van der Waals surface area contributed by atoms with Crippen LogP contribution in [0.25, 0.3) is 0 Å². The normalized spacial score (nSPS) is 16.7. The molecule has 1 N–H and O–H groups in total. The zero-order valence-electron chi connectivity index (χ0n) is 12.1. The lowest BCUT2D eigenvalue weighted by Crippen LogP contribution is -2.38. The van der Waals surface area contributed by atoms with Gasteiger partial charge in [-0.15, -0.1) is 0 Å². The van der Waals surface area contributed by atoms with Crippen LogP contribution in [-0.4, -0.2) is 11.2 Å². The molecule has 1 unspecified atom stereocenters. The van der Waals surface area contributed by atoms with E-state index in [4.69, 9.17) is 23.8 Å². The number of nitrogens with one attached hydrogen (secondary N) is 1. The Morgan fingerprint density at radius 1 is 1.24 bits per heavy atom. The molecule has 2 aromatic rings. The van der Waals surface area contributed by atoms with Crippen LogP contribution in [0.3, 0.4) is 0 Å². The SMILES string of the molecule is Cc1c(Cl)cccc1NC(=S)N1c2ccccc2CC1C. The minimum absolute atomic E-state index is 0.363. The average molecular weight is 317 g/mol. The van der Waals surface area contributed by atoms with Gasteiger partial charge in [0.05, 0.1) is 0 Å². The van der Waals surface area contributed by atoms with Gasteiger partial charge in [0.2, 0.25) is 0 Å². The molecule has 0 aliphatic carbocycles. The van der Waals surface area contributed by atoms with E-state index in [2.05, 4.69) is 41.4 Å². The van der Waals surface area contributed by atoms with Gasteiger partial charge in [-0.3, -0.25) is 0 Å². The third kappa shape index (κ3) is 2.63. The maximum Gasteiger partial charge on any atom is 0.178 e. The van der Waals surface area contributed by atoms with Gasteiger partial charge in [-0.05, 0) is 61.8 Å². The van der Waals surface area contributed by atoms with Crippen molar-refractivity contribution in [3.05, 3.63) is 58.6 Å². The van der Waals surface area contributed by atoms with Crippen LogP contribution in [-0.2, 0) is 6.42 Å². The summed E-state index contributed by atoms with van der Waals surface area (Å²) in [4.78, 5) is 2.19. The molecule has 1 aliphatic heterocycles. The van der Waals surface area contributed by atoms with Gasteiger partial charge in [-0.2, -0.15) is 0 Å². The molecule has 2 aromatic carbocycles. The second-order valence-corrected chi connectivity index (χ2v) is 6.19. The maximum absolute atomic E-state index is 6.17. The quantitative estimate of drug-likeness (QED) is 0.761. The van der Waals surface area contributed by atoms with Crippen LogP contribution in [0, 0.1) is 6.92 Å². The van der Waals surface area contributed by atoms with Gasteiger partial charge in [-0.1, -0.05) is 35.9 Å². The summed E-state index contributed by atoms with van der Waals surface area (Å²) < 4.78 is 0. The summed E-state index contributed by atoms with van der Waals surface area (Å²) in [5, 5.41) is 4.81. The summed E-state index contributed by atoms with van der Waals surface area (Å²) in [5.74, 6) is 0. The monoisotopic (exact) mass is 316 g/mol. The van der Waals surface area contributed by atoms with E-state index in [0.29, 0.717) is 6.04 Å². The van der Waals surface area contributed by atoms with Gasteiger partial charge >= 0.3 is 0 Å². The molecule has 0 saturated carbocycles. The van der Waals surface area contributed by atoms with Gasteiger partial charge in [0.15, 0.2) is 5.11 Å². The van der Waals surface area contributed by atoms with E-state index in [1.165, 1.54) is 11.3 Å². The third-order valence-corrected chi connectivity index (χ3v) is 4.64. The fourth-order valence-corrected chi connectivity index (χ4v) is 3.36.